The minimum absolute atomic E-state index is 0.00469. The van der Waals surface area contributed by atoms with Crippen molar-refractivity contribution in [1.82, 2.24) is 20.0 Å². The van der Waals surface area contributed by atoms with Crippen LogP contribution in [-0.4, -0.2) is 58.0 Å². The number of ether oxygens (including phenoxy) is 1. The minimum atomic E-state index is -0.0998. The van der Waals surface area contributed by atoms with E-state index >= 15 is 0 Å². The Bertz CT molecular complexity index is 1020. The lowest BCUT2D eigenvalue weighted by Crippen LogP contribution is -2.51. The van der Waals surface area contributed by atoms with Crippen molar-refractivity contribution < 1.29 is 14.6 Å². The number of rotatable bonds is 8. The molecule has 1 aliphatic rings. The fourth-order valence-electron chi connectivity index (χ4n) is 4.40. The average molecular weight is 435 g/mol. The molecule has 1 saturated heterocycles. The lowest BCUT2D eigenvalue weighted by molar-refractivity contribution is 0.0874. The van der Waals surface area contributed by atoms with Gasteiger partial charge in [0.05, 0.1) is 6.61 Å². The highest BCUT2D eigenvalue weighted by Crippen LogP contribution is 2.29. The van der Waals surface area contributed by atoms with Gasteiger partial charge in [0.2, 0.25) is 0 Å². The maximum absolute atomic E-state index is 13.0. The summed E-state index contributed by atoms with van der Waals surface area (Å²) >= 11 is 0. The number of hydrogen-bond acceptors (Lipinski definition) is 5. The zero-order valence-corrected chi connectivity index (χ0v) is 18.4. The van der Waals surface area contributed by atoms with Gasteiger partial charge in [0.25, 0.3) is 5.91 Å². The molecule has 4 rings (SSSR count). The largest absolute Gasteiger partial charge is 0.491 e. The van der Waals surface area contributed by atoms with Crippen LogP contribution in [0.2, 0.25) is 0 Å². The first kappa shape index (κ1) is 22.0. The van der Waals surface area contributed by atoms with Crippen LogP contribution in [0.15, 0.2) is 66.9 Å². The van der Waals surface area contributed by atoms with E-state index in [4.69, 9.17) is 9.84 Å². The molecule has 0 saturated carbocycles. The maximum Gasteiger partial charge on any atom is 0.269 e. The number of piperidine rings is 1. The first-order chi connectivity index (χ1) is 15.6. The molecule has 2 heterocycles. The summed E-state index contributed by atoms with van der Waals surface area (Å²) in [5, 5.41) is 16.4. The fourth-order valence-corrected chi connectivity index (χ4v) is 4.40. The highest BCUT2D eigenvalue weighted by Gasteiger charge is 2.32. The topological polar surface area (TPSA) is 79.6 Å². The van der Waals surface area contributed by atoms with E-state index in [2.05, 4.69) is 45.6 Å². The van der Waals surface area contributed by atoms with Crippen LogP contribution in [0, 0.1) is 0 Å². The van der Waals surface area contributed by atoms with Gasteiger partial charge in [-0.1, -0.05) is 42.5 Å². The molecule has 2 aromatic carbocycles. The molecule has 0 unspecified atom stereocenters. The van der Waals surface area contributed by atoms with Gasteiger partial charge in [0.1, 0.15) is 18.1 Å². The predicted molar refractivity (Wildman–Crippen MR) is 123 cm³/mol. The Labute approximate surface area is 188 Å². The Morgan fingerprint density at radius 2 is 2.03 bits per heavy atom. The van der Waals surface area contributed by atoms with Gasteiger partial charge in [-0.2, -0.15) is 5.10 Å². The Morgan fingerprint density at radius 3 is 2.78 bits per heavy atom. The number of nitrogens with zero attached hydrogens (tertiary/aromatic N) is 3. The van der Waals surface area contributed by atoms with Crippen molar-refractivity contribution in [3.63, 3.8) is 0 Å². The van der Waals surface area contributed by atoms with Crippen LogP contribution in [0.3, 0.4) is 0 Å². The van der Waals surface area contributed by atoms with Crippen LogP contribution in [0.5, 0.6) is 5.75 Å². The summed E-state index contributed by atoms with van der Waals surface area (Å²) < 4.78 is 7.15. The molecule has 1 amide bonds. The third-order valence-electron chi connectivity index (χ3n) is 5.96. The first-order valence-electron chi connectivity index (χ1n) is 11.0. The molecule has 2 atom stereocenters. The summed E-state index contributed by atoms with van der Waals surface area (Å²) in [6.45, 7) is 2.75. The SMILES string of the molecule is Cn1nccc1C(=O)N[C@H]1CN(Cc2cccc(OCCO)c2)CC[C@H]1c1ccccc1. The van der Waals surface area contributed by atoms with E-state index in [1.54, 1.807) is 24.0 Å². The van der Waals surface area contributed by atoms with Crippen LogP contribution >= 0.6 is 0 Å². The maximum atomic E-state index is 13.0. The normalized spacial score (nSPS) is 18.9. The number of aliphatic hydroxyl groups excluding tert-OH is 1. The van der Waals surface area contributed by atoms with Crippen molar-refractivity contribution in [2.45, 2.75) is 24.9 Å². The van der Waals surface area contributed by atoms with E-state index in [0.29, 0.717) is 5.69 Å². The van der Waals surface area contributed by atoms with Gasteiger partial charge in [0.15, 0.2) is 0 Å². The number of carbonyl (C=O) groups excluding carboxylic acids is 1. The third kappa shape index (κ3) is 5.36. The smallest absolute Gasteiger partial charge is 0.269 e. The molecular formula is C25H30N4O3. The highest BCUT2D eigenvalue weighted by molar-refractivity contribution is 5.92. The molecule has 3 aromatic rings. The van der Waals surface area contributed by atoms with Crippen molar-refractivity contribution >= 4 is 5.91 Å². The molecule has 0 aliphatic carbocycles. The monoisotopic (exact) mass is 434 g/mol. The highest BCUT2D eigenvalue weighted by atomic mass is 16.5. The summed E-state index contributed by atoms with van der Waals surface area (Å²) in [4.78, 5) is 15.3. The Morgan fingerprint density at radius 1 is 1.19 bits per heavy atom. The summed E-state index contributed by atoms with van der Waals surface area (Å²) in [5.74, 6) is 0.915. The van der Waals surface area contributed by atoms with Gasteiger partial charge >= 0.3 is 0 Å². The number of aromatic nitrogens is 2. The predicted octanol–water partition coefficient (Wildman–Crippen LogP) is 2.58. The third-order valence-corrected chi connectivity index (χ3v) is 5.96. The second-order valence-corrected chi connectivity index (χ2v) is 8.18. The average Bonchev–Trinajstić information content (AvgIpc) is 3.25. The molecule has 168 valence electrons. The van der Waals surface area contributed by atoms with E-state index in [0.717, 1.165) is 37.4 Å². The van der Waals surface area contributed by atoms with E-state index in [9.17, 15) is 4.79 Å². The van der Waals surface area contributed by atoms with E-state index < -0.39 is 0 Å². The van der Waals surface area contributed by atoms with Crippen LogP contribution in [0.25, 0.3) is 0 Å². The second kappa shape index (κ2) is 10.4. The summed E-state index contributed by atoms with van der Waals surface area (Å²) in [5.41, 5.74) is 2.96. The van der Waals surface area contributed by atoms with Gasteiger partial charge in [-0.25, -0.2) is 0 Å². The number of carbonyl (C=O) groups is 1. The second-order valence-electron chi connectivity index (χ2n) is 8.18. The van der Waals surface area contributed by atoms with Crippen molar-refractivity contribution in [1.29, 1.82) is 0 Å². The molecule has 1 aliphatic heterocycles. The molecule has 1 fully saturated rings. The number of benzene rings is 2. The van der Waals surface area contributed by atoms with Gasteiger partial charge in [-0.15, -0.1) is 0 Å². The Kier molecular flexibility index (Phi) is 7.19. The lowest BCUT2D eigenvalue weighted by atomic mass is 9.85. The quantitative estimate of drug-likeness (QED) is 0.570. The van der Waals surface area contributed by atoms with Crippen LogP contribution in [-0.2, 0) is 13.6 Å². The van der Waals surface area contributed by atoms with Crippen molar-refractivity contribution in [3.05, 3.63) is 83.7 Å². The standard InChI is InChI=1S/C25H30N4O3/c1-28-24(10-12-26-28)25(31)27-23-18-29(13-11-22(23)20-7-3-2-4-8-20)17-19-6-5-9-21(16-19)32-15-14-30/h2-10,12,16,22-23,30H,11,13-15,17-18H2,1H3,(H,27,31)/t22-,23-/m0/s1. The van der Waals surface area contributed by atoms with Gasteiger partial charge in [-0.3, -0.25) is 14.4 Å². The minimum Gasteiger partial charge on any atom is -0.491 e. The number of likely N-dealkylation sites (tertiary alicyclic amines) is 1. The summed E-state index contributed by atoms with van der Waals surface area (Å²) in [6, 6.07) is 20.1. The molecule has 7 heteroatoms. The van der Waals surface area contributed by atoms with Gasteiger partial charge in [0, 0.05) is 38.3 Å². The van der Waals surface area contributed by atoms with Gasteiger partial charge < -0.3 is 15.2 Å². The molecular weight excluding hydrogens is 404 g/mol. The van der Waals surface area contributed by atoms with Crippen LogP contribution in [0.4, 0.5) is 0 Å². The molecule has 0 spiro atoms. The van der Waals surface area contributed by atoms with Gasteiger partial charge in [-0.05, 0) is 42.3 Å². The lowest BCUT2D eigenvalue weighted by Gasteiger charge is -2.39. The molecule has 0 bridgehead atoms. The molecule has 2 N–H and O–H groups in total. The van der Waals surface area contributed by atoms with Crippen molar-refractivity contribution in [2.24, 2.45) is 7.05 Å². The number of nitrogens with one attached hydrogen (secondary N) is 1. The number of aryl methyl sites for hydroxylation is 1. The van der Waals surface area contributed by atoms with E-state index in [1.165, 1.54) is 5.56 Å². The molecule has 32 heavy (non-hydrogen) atoms. The number of aliphatic hydroxyl groups is 1. The van der Waals surface area contributed by atoms with E-state index in [1.807, 2.05) is 24.3 Å². The number of amides is 1. The van der Waals surface area contributed by atoms with Crippen molar-refractivity contribution in [3.8, 4) is 5.75 Å². The Hall–Kier alpha value is -3.16. The van der Waals surface area contributed by atoms with E-state index in [-0.39, 0.29) is 31.1 Å². The molecule has 7 nitrogen and oxygen atoms in total. The first-order valence-corrected chi connectivity index (χ1v) is 11.0. The number of hydrogen-bond donors (Lipinski definition) is 2. The zero-order valence-electron chi connectivity index (χ0n) is 18.4. The Balaban J connectivity index is 1.49. The fraction of sp³-hybridized carbons (Fsp3) is 0.360. The van der Waals surface area contributed by atoms with Crippen molar-refractivity contribution in [2.75, 3.05) is 26.3 Å². The summed E-state index contributed by atoms with van der Waals surface area (Å²) in [6.07, 6.45) is 2.60. The molecule has 0 radical (unpaired) electrons. The van der Waals surface area contributed by atoms with Crippen LogP contribution < -0.4 is 10.1 Å². The zero-order chi connectivity index (χ0) is 22.3. The summed E-state index contributed by atoms with van der Waals surface area (Å²) in [7, 11) is 1.78. The van der Waals surface area contributed by atoms with Crippen LogP contribution in [0.1, 0.15) is 34.0 Å². The molecule has 1 aromatic heterocycles.